The molecule has 0 unspecified atom stereocenters. The van der Waals surface area contributed by atoms with Gasteiger partial charge in [0.25, 0.3) is 0 Å². The van der Waals surface area contributed by atoms with Crippen LogP contribution >= 0.6 is 0 Å². The van der Waals surface area contributed by atoms with Gasteiger partial charge in [-0.05, 0) is 51.0 Å². The van der Waals surface area contributed by atoms with Gasteiger partial charge < -0.3 is 15.0 Å². The smallest absolute Gasteiger partial charge is 0.353 e. The minimum absolute atomic E-state index is 0.112. The van der Waals surface area contributed by atoms with Crippen LogP contribution in [0.4, 0.5) is 23.0 Å². The molecule has 1 aliphatic rings. The van der Waals surface area contributed by atoms with Crippen molar-refractivity contribution in [1.29, 1.82) is 0 Å². The Kier molecular flexibility index (Phi) is 6.11. The number of nitrogens with one attached hydrogen (secondary N) is 1. The lowest BCUT2D eigenvalue weighted by atomic mass is 9.97. The maximum Gasteiger partial charge on any atom is 0.353 e. The number of hydrogen-bond acceptors (Lipinski definition) is 9. The number of carbonyl (C=O) groups excluding carboxylic acids is 1. The van der Waals surface area contributed by atoms with Gasteiger partial charge in [-0.2, -0.15) is 0 Å². The van der Waals surface area contributed by atoms with E-state index >= 15 is 0 Å². The van der Waals surface area contributed by atoms with Crippen LogP contribution in [0.3, 0.4) is 0 Å². The number of anilines is 3. The highest BCUT2D eigenvalue weighted by Gasteiger charge is 2.32. The van der Waals surface area contributed by atoms with Crippen molar-refractivity contribution < 1.29 is 14.5 Å². The van der Waals surface area contributed by atoms with Crippen molar-refractivity contribution in [2.45, 2.75) is 26.7 Å². The monoisotopic (exact) mass is 436 g/mol. The third-order valence-corrected chi connectivity index (χ3v) is 5.52. The number of pyridine rings is 1. The highest BCUT2D eigenvalue weighted by Crippen LogP contribution is 2.36. The molecule has 1 fully saturated rings. The molecule has 166 valence electrons. The second-order valence-corrected chi connectivity index (χ2v) is 7.61. The molecule has 4 rings (SSSR count). The summed E-state index contributed by atoms with van der Waals surface area (Å²) >= 11 is 0. The molecule has 3 heterocycles. The molecule has 1 aliphatic heterocycles. The Hall–Kier alpha value is -3.82. The summed E-state index contributed by atoms with van der Waals surface area (Å²) in [6.07, 6.45) is 2.42. The Labute approximate surface area is 184 Å². The van der Waals surface area contributed by atoms with Gasteiger partial charge in [0.15, 0.2) is 0 Å². The summed E-state index contributed by atoms with van der Waals surface area (Å²) in [5, 5.41) is 16.0. The van der Waals surface area contributed by atoms with Crippen molar-refractivity contribution in [1.82, 2.24) is 15.0 Å². The quantitative estimate of drug-likeness (QED) is 0.349. The van der Waals surface area contributed by atoms with Gasteiger partial charge in [-0.25, -0.2) is 9.97 Å². The summed E-state index contributed by atoms with van der Waals surface area (Å²) in [4.78, 5) is 38.3. The van der Waals surface area contributed by atoms with Gasteiger partial charge in [0.1, 0.15) is 6.33 Å². The number of aromatic nitrogens is 3. The maximum atomic E-state index is 12.0. The van der Waals surface area contributed by atoms with Crippen molar-refractivity contribution in [3.63, 3.8) is 0 Å². The van der Waals surface area contributed by atoms with Gasteiger partial charge in [-0.3, -0.25) is 19.9 Å². The van der Waals surface area contributed by atoms with E-state index in [1.165, 1.54) is 6.33 Å². The minimum atomic E-state index is -0.470. The lowest BCUT2D eigenvalue weighted by Crippen LogP contribution is -2.37. The highest BCUT2D eigenvalue weighted by molar-refractivity contribution is 5.94. The molecular weight excluding hydrogens is 412 g/mol. The normalized spacial score (nSPS) is 14.4. The van der Waals surface area contributed by atoms with Gasteiger partial charge in [-0.15, -0.1) is 0 Å². The number of carbonyl (C=O) groups is 1. The van der Waals surface area contributed by atoms with Gasteiger partial charge >= 0.3 is 11.7 Å². The molecule has 0 radical (unpaired) electrons. The fourth-order valence-corrected chi connectivity index (χ4v) is 3.94. The first kappa shape index (κ1) is 21.4. The van der Waals surface area contributed by atoms with Crippen molar-refractivity contribution in [3.05, 3.63) is 52.5 Å². The first-order valence-electron chi connectivity index (χ1n) is 10.5. The molecule has 0 saturated carbocycles. The summed E-state index contributed by atoms with van der Waals surface area (Å²) in [7, 11) is 0. The molecule has 0 atom stereocenters. The molecule has 3 aromatic rings. The molecule has 0 amide bonds. The second-order valence-electron chi connectivity index (χ2n) is 7.61. The van der Waals surface area contributed by atoms with Gasteiger partial charge in [0, 0.05) is 29.9 Å². The Morgan fingerprint density at radius 2 is 2.03 bits per heavy atom. The van der Waals surface area contributed by atoms with E-state index in [4.69, 9.17) is 4.74 Å². The fourth-order valence-electron chi connectivity index (χ4n) is 3.94. The van der Waals surface area contributed by atoms with Crippen LogP contribution in [-0.4, -0.2) is 45.5 Å². The lowest BCUT2D eigenvalue weighted by Gasteiger charge is -2.31. The molecule has 1 aromatic carbocycles. The van der Waals surface area contributed by atoms with Crippen LogP contribution in [-0.2, 0) is 9.53 Å². The number of ether oxygens (including phenoxy) is 1. The zero-order valence-corrected chi connectivity index (χ0v) is 17.9. The van der Waals surface area contributed by atoms with Crippen molar-refractivity contribution >= 4 is 39.9 Å². The van der Waals surface area contributed by atoms with Gasteiger partial charge in [0.2, 0.25) is 11.6 Å². The molecule has 0 aliphatic carbocycles. The van der Waals surface area contributed by atoms with Crippen LogP contribution in [0.1, 0.15) is 25.5 Å². The van der Waals surface area contributed by atoms with Crippen molar-refractivity contribution in [3.8, 4) is 0 Å². The molecule has 1 N–H and O–H groups in total. The van der Waals surface area contributed by atoms with Crippen molar-refractivity contribution in [2.75, 3.05) is 29.9 Å². The summed E-state index contributed by atoms with van der Waals surface area (Å²) in [6.45, 7) is 4.97. The van der Waals surface area contributed by atoms with Gasteiger partial charge in [-0.1, -0.05) is 6.07 Å². The highest BCUT2D eigenvalue weighted by atomic mass is 16.6. The summed E-state index contributed by atoms with van der Waals surface area (Å²) in [5.74, 6) is -0.0626. The van der Waals surface area contributed by atoms with Gasteiger partial charge in [0.05, 0.1) is 23.0 Å². The largest absolute Gasteiger partial charge is 0.466 e. The summed E-state index contributed by atoms with van der Waals surface area (Å²) < 4.78 is 5.11. The van der Waals surface area contributed by atoms with E-state index < -0.39 is 4.92 Å². The number of nitrogens with zero attached hydrogens (tertiary/aromatic N) is 5. The summed E-state index contributed by atoms with van der Waals surface area (Å²) in [6, 6.07) is 9.37. The van der Waals surface area contributed by atoms with E-state index in [9.17, 15) is 14.9 Å². The molecule has 1 saturated heterocycles. The van der Waals surface area contributed by atoms with Crippen LogP contribution in [0.25, 0.3) is 10.9 Å². The molecule has 10 nitrogen and oxygen atoms in total. The van der Waals surface area contributed by atoms with Crippen LogP contribution in [0.2, 0.25) is 0 Å². The van der Waals surface area contributed by atoms with Crippen LogP contribution in [0.5, 0.6) is 0 Å². The molecule has 2 aromatic heterocycles. The third-order valence-electron chi connectivity index (χ3n) is 5.52. The van der Waals surface area contributed by atoms with E-state index in [2.05, 4.69) is 20.3 Å². The Morgan fingerprint density at radius 3 is 2.75 bits per heavy atom. The lowest BCUT2D eigenvalue weighted by molar-refractivity contribution is -0.383. The molecule has 0 spiro atoms. The Morgan fingerprint density at radius 1 is 1.25 bits per heavy atom. The maximum absolute atomic E-state index is 12.0. The van der Waals surface area contributed by atoms with E-state index in [-0.39, 0.29) is 29.2 Å². The SMILES string of the molecule is CCOC(=O)C1CCN(c2ncnc(Nc3cccc4nc(C)ccc34)c2[N+](=O)[O-])CC1. The Bertz CT molecular complexity index is 1160. The second kappa shape index (κ2) is 9.13. The first-order chi connectivity index (χ1) is 15.5. The topological polar surface area (TPSA) is 123 Å². The summed E-state index contributed by atoms with van der Waals surface area (Å²) in [5.41, 5.74) is 2.15. The standard InChI is InChI=1S/C22H24N6O4/c1-3-32-22(29)15-9-11-27(12-10-15)21-19(28(30)31)20(23-13-24-21)26-18-6-4-5-17-16(18)8-7-14(2)25-17/h4-8,13,15H,3,9-12H2,1-2H3,(H,23,24,26). The minimum Gasteiger partial charge on any atom is -0.466 e. The van der Waals surface area contributed by atoms with Crippen LogP contribution in [0, 0.1) is 23.0 Å². The van der Waals surface area contributed by atoms with Crippen molar-refractivity contribution in [2.24, 2.45) is 5.92 Å². The number of benzene rings is 1. The number of esters is 1. The number of rotatable bonds is 6. The average molecular weight is 436 g/mol. The van der Waals surface area contributed by atoms with E-state index in [1.807, 2.05) is 42.2 Å². The number of piperidine rings is 1. The zero-order chi connectivity index (χ0) is 22.7. The zero-order valence-electron chi connectivity index (χ0n) is 17.9. The number of nitro groups is 1. The molecule has 10 heteroatoms. The first-order valence-corrected chi connectivity index (χ1v) is 10.5. The number of fused-ring (bicyclic) bond motifs is 1. The average Bonchev–Trinajstić information content (AvgIpc) is 2.79. The number of hydrogen-bond donors (Lipinski definition) is 1. The predicted octanol–water partition coefficient (Wildman–Crippen LogP) is 3.76. The van der Waals surface area contributed by atoms with E-state index in [1.54, 1.807) is 6.92 Å². The molecule has 32 heavy (non-hydrogen) atoms. The molecular formula is C22H24N6O4. The van der Waals surface area contributed by atoms with E-state index in [0.29, 0.717) is 38.2 Å². The predicted molar refractivity (Wildman–Crippen MR) is 120 cm³/mol. The fraction of sp³-hybridized carbons (Fsp3) is 0.364. The number of aryl methyl sites for hydroxylation is 1. The third kappa shape index (κ3) is 4.29. The Balaban J connectivity index is 1.63. The van der Waals surface area contributed by atoms with E-state index in [0.717, 1.165) is 16.6 Å². The van der Waals surface area contributed by atoms with Crippen LogP contribution < -0.4 is 10.2 Å². The molecule has 0 bridgehead atoms. The van der Waals surface area contributed by atoms with Crippen LogP contribution in [0.15, 0.2) is 36.7 Å².